The van der Waals surface area contributed by atoms with E-state index in [1.807, 2.05) is 0 Å². The third kappa shape index (κ3) is 4.43. The molecule has 1 heterocycles. The van der Waals surface area contributed by atoms with E-state index in [9.17, 15) is 9.59 Å². The van der Waals surface area contributed by atoms with Crippen molar-refractivity contribution >= 4 is 40.7 Å². The average molecular weight is 352 g/mol. The molecule has 0 saturated heterocycles. The van der Waals surface area contributed by atoms with Crippen molar-refractivity contribution in [2.45, 2.75) is 6.92 Å². The molecule has 120 valence electrons. The SMILES string of the molecule is CC(=O)N(CCNC(=O)c1cccnc1)c1cccc(Cl)c1Cl. The van der Waals surface area contributed by atoms with Gasteiger partial charge in [0.2, 0.25) is 5.91 Å². The molecule has 0 bridgehead atoms. The van der Waals surface area contributed by atoms with Gasteiger partial charge in [-0.05, 0) is 24.3 Å². The minimum atomic E-state index is -0.251. The van der Waals surface area contributed by atoms with E-state index in [4.69, 9.17) is 23.2 Å². The highest BCUT2D eigenvalue weighted by molar-refractivity contribution is 6.44. The molecular weight excluding hydrogens is 337 g/mol. The highest BCUT2D eigenvalue weighted by atomic mass is 35.5. The molecule has 0 aliphatic carbocycles. The number of amides is 2. The van der Waals surface area contributed by atoms with Gasteiger partial charge in [-0.15, -0.1) is 0 Å². The second kappa shape index (κ2) is 7.94. The molecule has 0 spiro atoms. The highest BCUT2D eigenvalue weighted by Crippen LogP contribution is 2.32. The third-order valence-electron chi connectivity index (χ3n) is 3.15. The number of pyridine rings is 1. The molecule has 2 amide bonds. The molecule has 0 aliphatic heterocycles. The van der Waals surface area contributed by atoms with Crippen molar-refractivity contribution in [2.24, 2.45) is 0 Å². The number of benzene rings is 1. The summed E-state index contributed by atoms with van der Waals surface area (Å²) in [4.78, 5) is 29.2. The van der Waals surface area contributed by atoms with Crippen LogP contribution in [0.1, 0.15) is 17.3 Å². The van der Waals surface area contributed by atoms with Crippen LogP contribution >= 0.6 is 23.2 Å². The molecule has 1 aromatic carbocycles. The van der Waals surface area contributed by atoms with Gasteiger partial charge in [-0.2, -0.15) is 0 Å². The zero-order valence-corrected chi connectivity index (χ0v) is 13.9. The number of anilines is 1. The molecule has 1 aromatic heterocycles. The van der Waals surface area contributed by atoms with E-state index in [1.54, 1.807) is 36.5 Å². The maximum atomic E-state index is 12.0. The number of rotatable bonds is 5. The van der Waals surface area contributed by atoms with Crippen molar-refractivity contribution in [3.63, 3.8) is 0 Å². The maximum absolute atomic E-state index is 12.0. The molecule has 0 fully saturated rings. The van der Waals surface area contributed by atoms with Gasteiger partial charge in [0.15, 0.2) is 0 Å². The molecule has 7 heteroatoms. The average Bonchev–Trinajstić information content (AvgIpc) is 2.55. The Morgan fingerprint density at radius 3 is 2.65 bits per heavy atom. The summed E-state index contributed by atoms with van der Waals surface area (Å²) in [7, 11) is 0. The van der Waals surface area contributed by atoms with Gasteiger partial charge in [0.25, 0.3) is 5.91 Å². The lowest BCUT2D eigenvalue weighted by Gasteiger charge is -2.23. The van der Waals surface area contributed by atoms with Crippen LogP contribution < -0.4 is 10.2 Å². The number of hydrogen-bond donors (Lipinski definition) is 1. The summed E-state index contributed by atoms with van der Waals surface area (Å²) in [6, 6.07) is 8.42. The predicted octanol–water partition coefficient (Wildman–Crippen LogP) is 3.17. The topological polar surface area (TPSA) is 62.3 Å². The highest BCUT2D eigenvalue weighted by Gasteiger charge is 2.16. The van der Waals surface area contributed by atoms with Crippen LogP contribution in [0.4, 0.5) is 5.69 Å². The number of aromatic nitrogens is 1. The Morgan fingerprint density at radius 1 is 1.22 bits per heavy atom. The molecule has 2 aromatic rings. The monoisotopic (exact) mass is 351 g/mol. The van der Waals surface area contributed by atoms with Gasteiger partial charge in [-0.25, -0.2) is 0 Å². The zero-order valence-electron chi connectivity index (χ0n) is 12.4. The Hall–Kier alpha value is -2.11. The molecule has 1 N–H and O–H groups in total. The van der Waals surface area contributed by atoms with E-state index in [1.165, 1.54) is 18.0 Å². The summed E-state index contributed by atoms with van der Waals surface area (Å²) in [5, 5.41) is 3.42. The van der Waals surface area contributed by atoms with E-state index < -0.39 is 0 Å². The first-order chi connectivity index (χ1) is 11.0. The molecule has 0 unspecified atom stereocenters. The van der Waals surface area contributed by atoms with Crippen molar-refractivity contribution < 1.29 is 9.59 Å². The van der Waals surface area contributed by atoms with Crippen LogP contribution in [0.5, 0.6) is 0 Å². The molecule has 0 saturated carbocycles. The number of carbonyl (C=O) groups excluding carboxylic acids is 2. The minimum absolute atomic E-state index is 0.190. The normalized spacial score (nSPS) is 10.2. The Labute approximate surface area is 144 Å². The maximum Gasteiger partial charge on any atom is 0.252 e. The third-order valence-corrected chi connectivity index (χ3v) is 3.96. The molecule has 5 nitrogen and oxygen atoms in total. The van der Waals surface area contributed by atoms with Gasteiger partial charge < -0.3 is 10.2 Å². The molecule has 23 heavy (non-hydrogen) atoms. The summed E-state index contributed by atoms with van der Waals surface area (Å²) in [5.41, 5.74) is 0.977. The number of nitrogens with one attached hydrogen (secondary N) is 1. The van der Waals surface area contributed by atoms with Gasteiger partial charge in [-0.3, -0.25) is 14.6 Å². The Balaban J connectivity index is 2.02. The Morgan fingerprint density at radius 2 is 2.00 bits per heavy atom. The summed E-state index contributed by atoms with van der Waals surface area (Å²) in [5.74, 6) is -0.441. The smallest absolute Gasteiger partial charge is 0.252 e. The zero-order chi connectivity index (χ0) is 16.8. The van der Waals surface area contributed by atoms with Gasteiger partial charge >= 0.3 is 0 Å². The van der Waals surface area contributed by atoms with Gasteiger partial charge in [-0.1, -0.05) is 29.3 Å². The summed E-state index contributed by atoms with van der Waals surface area (Å²) in [6.07, 6.45) is 3.07. The van der Waals surface area contributed by atoms with Crippen molar-refractivity contribution in [2.75, 3.05) is 18.0 Å². The summed E-state index contributed by atoms with van der Waals surface area (Å²) in [6.45, 7) is 1.98. The lowest BCUT2D eigenvalue weighted by Crippen LogP contribution is -2.37. The summed E-state index contributed by atoms with van der Waals surface area (Å²) < 4.78 is 0. The first-order valence-electron chi connectivity index (χ1n) is 6.91. The fourth-order valence-corrected chi connectivity index (χ4v) is 2.43. The van der Waals surface area contributed by atoms with Crippen LogP contribution in [0.15, 0.2) is 42.7 Å². The number of halogens is 2. The van der Waals surface area contributed by atoms with Crippen LogP contribution in [0.3, 0.4) is 0 Å². The molecule has 0 aliphatic rings. The largest absolute Gasteiger partial charge is 0.350 e. The Kier molecular flexibility index (Phi) is 5.96. The number of carbonyl (C=O) groups is 2. The minimum Gasteiger partial charge on any atom is -0.350 e. The van der Waals surface area contributed by atoms with Gasteiger partial charge in [0, 0.05) is 32.4 Å². The van der Waals surface area contributed by atoms with E-state index in [2.05, 4.69) is 10.3 Å². The van der Waals surface area contributed by atoms with Gasteiger partial charge in [0.05, 0.1) is 21.3 Å². The van der Waals surface area contributed by atoms with E-state index in [0.717, 1.165) is 0 Å². The molecule has 0 radical (unpaired) electrons. The summed E-state index contributed by atoms with van der Waals surface area (Å²) >= 11 is 12.1. The van der Waals surface area contributed by atoms with Crippen LogP contribution in [-0.2, 0) is 4.79 Å². The van der Waals surface area contributed by atoms with E-state index >= 15 is 0 Å². The number of nitrogens with zero attached hydrogens (tertiary/aromatic N) is 2. The first kappa shape index (κ1) is 17.2. The van der Waals surface area contributed by atoms with Crippen molar-refractivity contribution in [3.05, 3.63) is 58.3 Å². The van der Waals surface area contributed by atoms with Crippen molar-refractivity contribution in [1.29, 1.82) is 0 Å². The van der Waals surface area contributed by atoms with Crippen molar-refractivity contribution in [3.8, 4) is 0 Å². The quantitative estimate of drug-likeness (QED) is 0.899. The van der Waals surface area contributed by atoms with Crippen LogP contribution in [0.25, 0.3) is 0 Å². The standard InChI is InChI=1S/C16H15Cl2N3O2/c1-11(22)21(14-6-2-5-13(17)15(14)18)9-8-20-16(23)12-4-3-7-19-10-12/h2-7,10H,8-9H2,1H3,(H,20,23). The lowest BCUT2D eigenvalue weighted by molar-refractivity contribution is -0.116. The fraction of sp³-hybridized carbons (Fsp3) is 0.188. The van der Waals surface area contributed by atoms with Gasteiger partial charge in [0.1, 0.15) is 0 Å². The molecule has 2 rings (SSSR count). The predicted molar refractivity (Wildman–Crippen MR) is 91.1 cm³/mol. The fourth-order valence-electron chi connectivity index (χ4n) is 2.03. The molecule has 0 atom stereocenters. The van der Waals surface area contributed by atoms with Crippen LogP contribution in [0, 0.1) is 0 Å². The first-order valence-corrected chi connectivity index (χ1v) is 7.66. The van der Waals surface area contributed by atoms with Crippen molar-refractivity contribution in [1.82, 2.24) is 10.3 Å². The van der Waals surface area contributed by atoms with E-state index in [-0.39, 0.29) is 24.9 Å². The van der Waals surface area contributed by atoms with Crippen LogP contribution in [0.2, 0.25) is 10.0 Å². The Bertz CT molecular complexity index is 708. The second-order valence-corrected chi connectivity index (χ2v) is 5.53. The second-order valence-electron chi connectivity index (χ2n) is 4.74. The van der Waals surface area contributed by atoms with Crippen LogP contribution in [-0.4, -0.2) is 29.9 Å². The van der Waals surface area contributed by atoms with E-state index in [0.29, 0.717) is 21.3 Å². The molecular formula is C16H15Cl2N3O2. The number of hydrogen-bond acceptors (Lipinski definition) is 3. The lowest BCUT2D eigenvalue weighted by atomic mass is 10.2.